The molecule has 0 radical (unpaired) electrons. The first-order valence-corrected chi connectivity index (χ1v) is 6.68. The fourth-order valence-corrected chi connectivity index (χ4v) is 2.71. The number of benzene rings is 1. The molecule has 17 heavy (non-hydrogen) atoms. The van der Waals surface area contributed by atoms with Crippen molar-refractivity contribution in [2.75, 3.05) is 5.73 Å². The molecule has 0 unspecified atom stereocenters. The molecule has 90 valence electrons. The average molecular weight is 314 g/mol. The van der Waals surface area contributed by atoms with Gasteiger partial charge in [0.15, 0.2) is 0 Å². The Morgan fingerprint density at radius 2 is 2.06 bits per heavy atom. The Bertz CT molecular complexity index is 567. The third-order valence-electron chi connectivity index (χ3n) is 2.53. The zero-order valence-electron chi connectivity index (χ0n) is 9.80. The SMILES string of the molecule is CC(C)Cc1cc(N)c2cc(Br)cc(Cl)c2n1. The molecule has 0 fully saturated rings. The molecule has 2 rings (SSSR count). The maximum atomic E-state index is 6.19. The van der Waals surface area contributed by atoms with E-state index in [1.165, 1.54) is 0 Å². The van der Waals surface area contributed by atoms with E-state index >= 15 is 0 Å². The van der Waals surface area contributed by atoms with Crippen LogP contribution in [0.4, 0.5) is 5.69 Å². The van der Waals surface area contributed by atoms with Gasteiger partial charge in [0.2, 0.25) is 0 Å². The minimum absolute atomic E-state index is 0.550. The molecule has 0 bridgehead atoms. The third kappa shape index (κ3) is 2.72. The standard InChI is InChI=1S/C13H14BrClN2/c1-7(2)3-9-6-12(16)10-4-8(14)5-11(15)13(10)17-9/h4-7H,3H2,1-2H3,(H2,16,17). The molecule has 0 aliphatic heterocycles. The van der Waals surface area contributed by atoms with Gasteiger partial charge in [0.25, 0.3) is 0 Å². The first-order chi connectivity index (χ1) is 7.97. The Balaban J connectivity index is 2.64. The fraction of sp³-hybridized carbons (Fsp3) is 0.308. The number of nitrogen functional groups attached to an aromatic ring is 1. The smallest absolute Gasteiger partial charge is 0.0912 e. The van der Waals surface area contributed by atoms with Gasteiger partial charge in [0.05, 0.1) is 10.5 Å². The number of hydrogen-bond acceptors (Lipinski definition) is 2. The van der Waals surface area contributed by atoms with Crippen molar-refractivity contribution in [1.29, 1.82) is 0 Å². The lowest BCUT2D eigenvalue weighted by molar-refractivity contribution is 0.637. The first kappa shape index (κ1) is 12.7. The van der Waals surface area contributed by atoms with E-state index in [2.05, 4.69) is 34.8 Å². The van der Waals surface area contributed by atoms with E-state index in [0.717, 1.165) is 33.2 Å². The molecule has 1 aromatic heterocycles. The summed E-state index contributed by atoms with van der Waals surface area (Å²) in [7, 11) is 0. The number of halogens is 2. The lowest BCUT2D eigenvalue weighted by atomic mass is 10.1. The van der Waals surface area contributed by atoms with Gasteiger partial charge in [-0.1, -0.05) is 41.4 Å². The van der Waals surface area contributed by atoms with Crippen molar-refractivity contribution in [3.8, 4) is 0 Å². The molecule has 0 saturated heterocycles. The van der Waals surface area contributed by atoms with E-state index in [4.69, 9.17) is 17.3 Å². The molecule has 2 nitrogen and oxygen atoms in total. The second-order valence-electron chi connectivity index (χ2n) is 4.58. The summed E-state index contributed by atoms with van der Waals surface area (Å²) in [4.78, 5) is 4.58. The summed E-state index contributed by atoms with van der Waals surface area (Å²) in [5, 5.41) is 1.53. The van der Waals surface area contributed by atoms with E-state index in [1.54, 1.807) is 0 Å². The zero-order chi connectivity index (χ0) is 12.6. The van der Waals surface area contributed by atoms with Crippen molar-refractivity contribution in [3.63, 3.8) is 0 Å². The molecule has 1 aromatic carbocycles. The van der Waals surface area contributed by atoms with Crippen LogP contribution < -0.4 is 5.73 Å². The van der Waals surface area contributed by atoms with Gasteiger partial charge < -0.3 is 5.73 Å². The molecular weight excluding hydrogens is 300 g/mol. The van der Waals surface area contributed by atoms with Crippen LogP contribution in [0.1, 0.15) is 19.5 Å². The molecular formula is C13H14BrClN2. The summed E-state index contributed by atoms with van der Waals surface area (Å²) in [6.07, 6.45) is 0.909. The van der Waals surface area contributed by atoms with Gasteiger partial charge in [-0.2, -0.15) is 0 Å². The average Bonchev–Trinajstić information content (AvgIpc) is 2.19. The van der Waals surface area contributed by atoms with Crippen LogP contribution in [0, 0.1) is 5.92 Å². The number of anilines is 1. The Kier molecular flexibility index (Phi) is 3.59. The van der Waals surface area contributed by atoms with Gasteiger partial charge >= 0.3 is 0 Å². The summed E-state index contributed by atoms with van der Waals surface area (Å²) in [6, 6.07) is 5.73. The number of rotatable bonds is 2. The Morgan fingerprint density at radius 1 is 1.35 bits per heavy atom. The zero-order valence-corrected chi connectivity index (χ0v) is 12.1. The van der Waals surface area contributed by atoms with Gasteiger partial charge in [0, 0.05) is 21.2 Å². The highest BCUT2D eigenvalue weighted by molar-refractivity contribution is 9.10. The molecule has 0 saturated carbocycles. The van der Waals surface area contributed by atoms with Crippen LogP contribution in [0.25, 0.3) is 10.9 Å². The van der Waals surface area contributed by atoms with Crippen LogP contribution in [0.3, 0.4) is 0 Å². The molecule has 1 heterocycles. The second kappa shape index (κ2) is 4.83. The number of aromatic nitrogens is 1. The molecule has 2 aromatic rings. The number of hydrogen-bond donors (Lipinski definition) is 1. The van der Waals surface area contributed by atoms with Crippen LogP contribution in [-0.2, 0) is 6.42 Å². The summed E-state index contributed by atoms with van der Waals surface area (Å²) in [6.45, 7) is 4.32. The monoisotopic (exact) mass is 312 g/mol. The van der Waals surface area contributed by atoms with Gasteiger partial charge in [-0.3, -0.25) is 4.98 Å². The molecule has 0 aliphatic rings. The Morgan fingerprint density at radius 3 is 2.71 bits per heavy atom. The summed E-state index contributed by atoms with van der Waals surface area (Å²) in [5.41, 5.74) is 8.56. The van der Waals surface area contributed by atoms with Crippen molar-refractivity contribution in [3.05, 3.63) is 33.4 Å². The van der Waals surface area contributed by atoms with Crippen molar-refractivity contribution in [2.45, 2.75) is 20.3 Å². The lowest BCUT2D eigenvalue weighted by Gasteiger charge is -2.09. The van der Waals surface area contributed by atoms with Gasteiger partial charge in [-0.25, -0.2) is 0 Å². The Hall–Kier alpha value is -0.800. The molecule has 0 spiro atoms. The van der Waals surface area contributed by atoms with E-state index in [9.17, 15) is 0 Å². The maximum Gasteiger partial charge on any atom is 0.0912 e. The minimum Gasteiger partial charge on any atom is -0.398 e. The summed E-state index contributed by atoms with van der Waals surface area (Å²) < 4.78 is 0.917. The Labute approximate surface area is 114 Å². The predicted octanol–water partition coefficient (Wildman–Crippen LogP) is 4.43. The minimum atomic E-state index is 0.550. The highest BCUT2D eigenvalue weighted by Gasteiger charge is 2.09. The van der Waals surface area contributed by atoms with Crippen LogP contribution in [0.15, 0.2) is 22.7 Å². The highest BCUT2D eigenvalue weighted by atomic mass is 79.9. The molecule has 0 atom stereocenters. The van der Waals surface area contributed by atoms with Gasteiger partial charge in [0.1, 0.15) is 0 Å². The first-order valence-electron chi connectivity index (χ1n) is 5.51. The van der Waals surface area contributed by atoms with Crippen molar-refractivity contribution >= 4 is 44.1 Å². The van der Waals surface area contributed by atoms with Crippen LogP contribution >= 0.6 is 27.5 Å². The number of pyridine rings is 1. The largest absolute Gasteiger partial charge is 0.398 e. The van der Waals surface area contributed by atoms with Crippen LogP contribution in [0.5, 0.6) is 0 Å². The topological polar surface area (TPSA) is 38.9 Å². The highest BCUT2D eigenvalue weighted by Crippen LogP contribution is 2.31. The van der Waals surface area contributed by atoms with Crippen molar-refractivity contribution in [1.82, 2.24) is 4.98 Å². The van der Waals surface area contributed by atoms with Crippen LogP contribution in [-0.4, -0.2) is 4.98 Å². The summed E-state index contributed by atoms with van der Waals surface area (Å²) >= 11 is 9.60. The fourth-order valence-electron chi connectivity index (χ4n) is 1.86. The van der Waals surface area contributed by atoms with Crippen molar-refractivity contribution in [2.24, 2.45) is 5.92 Å². The van der Waals surface area contributed by atoms with Gasteiger partial charge in [-0.15, -0.1) is 0 Å². The molecule has 2 N–H and O–H groups in total. The van der Waals surface area contributed by atoms with E-state index in [1.807, 2.05) is 18.2 Å². The maximum absolute atomic E-state index is 6.19. The normalized spacial score (nSPS) is 11.4. The second-order valence-corrected chi connectivity index (χ2v) is 5.91. The van der Waals surface area contributed by atoms with E-state index < -0.39 is 0 Å². The van der Waals surface area contributed by atoms with Gasteiger partial charge in [-0.05, 0) is 30.5 Å². The number of nitrogens with two attached hydrogens (primary N) is 1. The van der Waals surface area contributed by atoms with E-state index in [-0.39, 0.29) is 0 Å². The molecule has 0 aliphatic carbocycles. The quantitative estimate of drug-likeness (QED) is 0.890. The number of nitrogens with zero attached hydrogens (tertiary/aromatic N) is 1. The number of fused-ring (bicyclic) bond motifs is 1. The van der Waals surface area contributed by atoms with E-state index in [0.29, 0.717) is 10.9 Å². The van der Waals surface area contributed by atoms with Crippen LogP contribution in [0.2, 0.25) is 5.02 Å². The molecule has 0 amide bonds. The summed E-state index contributed by atoms with van der Waals surface area (Å²) in [5.74, 6) is 0.550. The molecule has 4 heteroatoms. The predicted molar refractivity (Wildman–Crippen MR) is 77.4 cm³/mol. The lowest BCUT2D eigenvalue weighted by Crippen LogP contribution is -2.00. The third-order valence-corrected chi connectivity index (χ3v) is 3.28. The van der Waals surface area contributed by atoms with Crippen molar-refractivity contribution < 1.29 is 0 Å².